The number of alkyl halides is 2. The summed E-state index contributed by atoms with van der Waals surface area (Å²) in [6, 6.07) is 10.6. The van der Waals surface area contributed by atoms with Crippen LogP contribution < -0.4 is 20.5 Å². The van der Waals surface area contributed by atoms with Crippen molar-refractivity contribution in [3.05, 3.63) is 53.1 Å². The number of benzene rings is 2. The van der Waals surface area contributed by atoms with E-state index < -0.39 is 6.61 Å². The van der Waals surface area contributed by atoms with E-state index in [2.05, 4.69) is 15.0 Å². The van der Waals surface area contributed by atoms with E-state index in [-0.39, 0.29) is 24.0 Å². The van der Waals surface area contributed by atoms with Crippen LogP contribution in [0.15, 0.2) is 41.4 Å². The van der Waals surface area contributed by atoms with Gasteiger partial charge < -0.3 is 20.5 Å². The van der Waals surface area contributed by atoms with Gasteiger partial charge in [-0.2, -0.15) is 8.78 Å². The Hall–Kier alpha value is -2.83. The van der Waals surface area contributed by atoms with Gasteiger partial charge in [0.05, 0.1) is 13.2 Å². The van der Waals surface area contributed by atoms with Gasteiger partial charge in [-0.25, -0.2) is 4.99 Å². The van der Waals surface area contributed by atoms with Crippen LogP contribution in [0.5, 0.6) is 11.5 Å². The molecule has 0 saturated heterocycles. The summed E-state index contributed by atoms with van der Waals surface area (Å²) in [5.41, 5.74) is 9.88. The molecule has 0 radical (unpaired) electrons. The van der Waals surface area contributed by atoms with Gasteiger partial charge in [0.1, 0.15) is 0 Å². The maximum absolute atomic E-state index is 12.4. The molecule has 0 aliphatic rings. The number of aliphatic imine (C=N–C) groups is 1. The van der Waals surface area contributed by atoms with Crippen molar-refractivity contribution in [3.8, 4) is 11.5 Å². The predicted octanol–water partition coefficient (Wildman–Crippen LogP) is 4.23. The van der Waals surface area contributed by atoms with Gasteiger partial charge in [-0.3, -0.25) is 0 Å². The molecule has 0 bridgehead atoms. The van der Waals surface area contributed by atoms with Crippen LogP contribution in [0, 0.1) is 13.8 Å². The van der Waals surface area contributed by atoms with Crippen LogP contribution in [0.2, 0.25) is 0 Å². The molecular formula is C19H23F2N3O2. The topological polar surface area (TPSA) is 68.9 Å². The maximum Gasteiger partial charge on any atom is 0.387 e. The van der Waals surface area contributed by atoms with Gasteiger partial charge in [0.15, 0.2) is 17.5 Å². The van der Waals surface area contributed by atoms with Crippen molar-refractivity contribution in [2.24, 2.45) is 10.7 Å². The van der Waals surface area contributed by atoms with Gasteiger partial charge in [-0.05, 0) is 61.7 Å². The molecule has 0 amide bonds. The molecule has 0 aliphatic heterocycles. The van der Waals surface area contributed by atoms with E-state index in [9.17, 15) is 8.78 Å². The monoisotopic (exact) mass is 363 g/mol. The molecule has 0 aromatic heterocycles. The quantitative estimate of drug-likeness (QED) is 0.571. The van der Waals surface area contributed by atoms with Crippen LogP contribution in [0.3, 0.4) is 0 Å². The van der Waals surface area contributed by atoms with E-state index in [1.807, 2.05) is 32.0 Å². The van der Waals surface area contributed by atoms with Crippen LogP contribution in [-0.4, -0.2) is 19.2 Å². The number of hydrogen-bond donors (Lipinski definition) is 2. The van der Waals surface area contributed by atoms with Gasteiger partial charge in [-0.15, -0.1) is 0 Å². The Labute approximate surface area is 151 Å². The van der Waals surface area contributed by atoms with E-state index in [1.54, 1.807) is 19.1 Å². The van der Waals surface area contributed by atoms with Crippen molar-refractivity contribution >= 4 is 11.6 Å². The van der Waals surface area contributed by atoms with Gasteiger partial charge in [-0.1, -0.05) is 12.1 Å². The summed E-state index contributed by atoms with van der Waals surface area (Å²) in [6.07, 6.45) is 0. The molecule has 2 aromatic carbocycles. The van der Waals surface area contributed by atoms with Gasteiger partial charge >= 0.3 is 6.61 Å². The standard InChI is InChI=1S/C19H23F2N3O2/c1-4-25-17-10-14(6-8-16(17)26-18(20)21)11-23-19(22)24-15-7-5-12(2)13(3)9-15/h5-10,18H,4,11H2,1-3H3,(H3,22,23,24). The molecule has 2 aromatic rings. The number of nitrogens with zero attached hydrogens (tertiary/aromatic N) is 1. The number of nitrogens with two attached hydrogens (primary N) is 1. The third-order valence-electron chi connectivity index (χ3n) is 3.74. The minimum absolute atomic E-state index is 0.00388. The van der Waals surface area contributed by atoms with E-state index in [1.165, 1.54) is 11.6 Å². The SMILES string of the molecule is CCOc1cc(CN=C(N)Nc2ccc(C)c(C)c2)ccc1OC(F)F. The first-order chi connectivity index (χ1) is 12.4. The van der Waals surface area contributed by atoms with E-state index in [0.29, 0.717) is 6.61 Å². The fraction of sp³-hybridized carbons (Fsp3) is 0.316. The van der Waals surface area contributed by atoms with Crippen LogP contribution >= 0.6 is 0 Å². The smallest absolute Gasteiger partial charge is 0.387 e. The average molecular weight is 363 g/mol. The largest absolute Gasteiger partial charge is 0.490 e. The molecule has 0 heterocycles. The third kappa shape index (κ3) is 5.61. The Morgan fingerprint density at radius 2 is 1.88 bits per heavy atom. The van der Waals surface area contributed by atoms with Crippen LogP contribution in [0.1, 0.15) is 23.6 Å². The van der Waals surface area contributed by atoms with Gasteiger partial charge in [0, 0.05) is 5.69 Å². The van der Waals surface area contributed by atoms with Crippen LogP contribution in [0.4, 0.5) is 14.5 Å². The summed E-state index contributed by atoms with van der Waals surface area (Å²) in [5.74, 6) is 0.510. The highest BCUT2D eigenvalue weighted by atomic mass is 19.3. The van der Waals surface area contributed by atoms with E-state index in [4.69, 9.17) is 10.5 Å². The fourth-order valence-electron chi connectivity index (χ4n) is 2.30. The second kappa shape index (κ2) is 9.03. The average Bonchev–Trinajstić information content (AvgIpc) is 2.58. The Morgan fingerprint density at radius 1 is 1.12 bits per heavy atom. The molecule has 3 N–H and O–H groups in total. The molecule has 140 valence electrons. The lowest BCUT2D eigenvalue weighted by molar-refractivity contribution is -0.0514. The minimum Gasteiger partial charge on any atom is -0.490 e. The second-order valence-corrected chi connectivity index (χ2v) is 5.72. The summed E-state index contributed by atoms with van der Waals surface area (Å²) in [6.45, 7) is 3.53. The van der Waals surface area contributed by atoms with E-state index in [0.717, 1.165) is 16.8 Å². The molecule has 0 spiro atoms. The van der Waals surface area contributed by atoms with Gasteiger partial charge in [0.25, 0.3) is 0 Å². The first kappa shape index (κ1) is 19.5. The van der Waals surface area contributed by atoms with Crippen molar-refractivity contribution in [1.29, 1.82) is 0 Å². The summed E-state index contributed by atoms with van der Waals surface area (Å²) in [4.78, 5) is 4.27. The highest BCUT2D eigenvalue weighted by Crippen LogP contribution is 2.30. The number of hydrogen-bond acceptors (Lipinski definition) is 3. The lowest BCUT2D eigenvalue weighted by Gasteiger charge is -2.12. The number of guanidine groups is 1. The Bertz CT molecular complexity index is 779. The maximum atomic E-state index is 12.4. The number of rotatable bonds is 7. The molecule has 0 unspecified atom stereocenters. The molecule has 2 rings (SSSR count). The lowest BCUT2D eigenvalue weighted by atomic mass is 10.1. The first-order valence-electron chi connectivity index (χ1n) is 8.23. The molecule has 0 atom stereocenters. The van der Waals surface area contributed by atoms with E-state index >= 15 is 0 Å². The number of halogens is 2. The molecule has 5 nitrogen and oxygen atoms in total. The Kier molecular flexibility index (Phi) is 6.77. The summed E-state index contributed by atoms with van der Waals surface area (Å²) in [7, 11) is 0. The Balaban J connectivity index is 2.07. The molecule has 0 saturated carbocycles. The zero-order valence-electron chi connectivity index (χ0n) is 15.1. The van der Waals surface area contributed by atoms with Crippen LogP contribution in [-0.2, 0) is 6.54 Å². The van der Waals surface area contributed by atoms with Gasteiger partial charge in [0.2, 0.25) is 0 Å². The first-order valence-corrected chi connectivity index (χ1v) is 8.23. The highest BCUT2D eigenvalue weighted by molar-refractivity contribution is 5.92. The zero-order valence-corrected chi connectivity index (χ0v) is 15.1. The van der Waals surface area contributed by atoms with Crippen LogP contribution in [0.25, 0.3) is 0 Å². The fourth-order valence-corrected chi connectivity index (χ4v) is 2.30. The van der Waals surface area contributed by atoms with Crippen molar-refractivity contribution in [2.75, 3.05) is 11.9 Å². The minimum atomic E-state index is -2.91. The van der Waals surface area contributed by atoms with Crippen molar-refractivity contribution in [2.45, 2.75) is 33.9 Å². The molecule has 0 aliphatic carbocycles. The van der Waals surface area contributed by atoms with Crippen molar-refractivity contribution < 1.29 is 18.3 Å². The van der Waals surface area contributed by atoms with Crippen molar-refractivity contribution in [3.63, 3.8) is 0 Å². The summed E-state index contributed by atoms with van der Waals surface area (Å²) < 4.78 is 34.7. The number of ether oxygens (including phenoxy) is 2. The molecule has 7 heteroatoms. The molecule has 26 heavy (non-hydrogen) atoms. The summed E-state index contributed by atoms with van der Waals surface area (Å²) in [5, 5.41) is 3.03. The normalized spacial score (nSPS) is 11.5. The second-order valence-electron chi connectivity index (χ2n) is 5.72. The lowest BCUT2D eigenvalue weighted by Crippen LogP contribution is -2.22. The number of aryl methyl sites for hydroxylation is 2. The van der Waals surface area contributed by atoms with Crippen molar-refractivity contribution in [1.82, 2.24) is 0 Å². The zero-order chi connectivity index (χ0) is 19.1. The third-order valence-corrected chi connectivity index (χ3v) is 3.74. The Morgan fingerprint density at radius 3 is 2.54 bits per heavy atom. The summed E-state index contributed by atoms with van der Waals surface area (Å²) >= 11 is 0. The number of anilines is 1. The highest BCUT2D eigenvalue weighted by Gasteiger charge is 2.11. The molecule has 0 fully saturated rings. The number of nitrogens with one attached hydrogen (secondary N) is 1. The molecular weight excluding hydrogens is 340 g/mol. The predicted molar refractivity (Wildman–Crippen MR) is 99.1 cm³/mol.